The number of fused-ring (bicyclic) bond motifs is 2. The molecule has 0 spiro atoms. The molecule has 104 valence electrons. The zero-order chi connectivity index (χ0) is 14.0. The molecule has 0 bridgehead atoms. The summed E-state index contributed by atoms with van der Waals surface area (Å²) in [4.78, 5) is 10.7. The second kappa shape index (κ2) is 3.73. The first kappa shape index (κ1) is 12.1. The van der Waals surface area contributed by atoms with E-state index in [-0.39, 0.29) is 17.3 Å². The van der Waals surface area contributed by atoms with Crippen LogP contribution in [0.4, 0.5) is 0 Å². The predicted octanol–water partition coefficient (Wildman–Crippen LogP) is 3.09. The van der Waals surface area contributed by atoms with E-state index in [0.717, 1.165) is 16.3 Å². The molecule has 0 radical (unpaired) electrons. The van der Waals surface area contributed by atoms with Crippen LogP contribution in [0.15, 0.2) is 36.4 Å². The van der Waals surface area contributed by atoms with Gasteiger partial charge in [-0.1, -0.05) is 32.0 Å². The normalized spacial score (nSPS) is 31.0. The van der Waals surface area contributed by atoms with Gasteiger partial charge in [-0.05, 0) is 29.0 Å². The van der Waals surface area contributed by atoms with Crippen molar-refractivity contribution in [2.24, 2.45) is 5.41 Å². The topological polar surface area (TPSA) is 47.9 Å². The maximum atomic E-state index is 9.51. The highest BCUT2D eigenvalue weighted by Crippen LogP contribution is 2.54. The molecule has 2 aromatic rings. The van der Waals surface area contributed by atoms with E-state index in [2.05, 4.69) is 13.8 Å². The molecule has 4 rings (SSSR count). The van der Waals surface area contributed by atoms with Crippen LogP contribution < -0.4 is 0 Å². The molecule has 0 aromatic heterocycles. The van der Waals surface area contributed by atoms with Gasteiger partial charge in [0.25, 0.3) is 5.79 Å². The van der Waals surface area contributed by atoms with Gasteiger partial charge in [0.2, 0.25) is 0 Å². The first-order valence-electron chi connectivity index (χ1n) is 6.73. The summed E-state index contributed by atoms with van der Waals surface area (Å²) in [5.41, 5.74) is 0.889. The van der Waals surface area contributed by atoms with Crippen LogP contribution in [0.2, 0.25) is 0 Å². The average molecular weight is 272 g/mol. The Hall–Kier alpha value is -1.62. The molecule has 1 N–H and O–H groups in total. The highest BCUT2D eigenvalue weighted by Gasteiger charge is 2.66. The van der Waals surface area contributed by atoms with Crippen LogP contribution in [-0.2, 0) is 20.3 Å². The van der Waals surface area contributed by atoms with Gasteiger partial charge in [-0.25, -0.2) is 4.89 Å². The van der Waals surface area contributed by atoms with Gasteiger partial charge in [0.1, 0.15) is 5.75 Å². The lowest BCUT2D eigenvalue weighted by Crippen LogP contribution is -2.55. The summed E-state index contributed by atoms with van der Waals surface area (Å²) < 4.78 is 5.92. The van der Waals surface area contributed by atoms with Gasteiger partial charge in [0.15, 0.2) is 6.10 Å². The maximum absolute atomic E-state index is 9.51. The lowest BCUT2D eigenvalue weighted by Gasteiger charge is -2.44. The van der Waals surface area contributed by atoms with E-state index in [4.69, 9.17) is 14.5 Å². The molecule has 2 unspecified atom stereocenters. The Labute approximate surface area is 116 Å². The smallest absolute Gasteiger partial charge is 0.258 e. The molecule has 0 aliphatic carbocycles. The van der Waals surface area contributed by atoms with Crippen molar-refractivity contribution in [1.29, 1.82) is 0 Å². The van der Waals surface area contributed by atoms with Crippen LogP contribution in [0.3, 0.4) is 0 Å². The highest BCUT2D eigenvalue weighted by molar-refractivity contribution is 5.84. The standard InChI is InChI=1S/C16H16O4/c1-15(2)9-18-16(14(15)19-20-16)12-5-3-11-8-13(17)6-4-10(11)7-12/h3-8,14,17H,9H2,1-2H3. The SMILES string of the molecule is CC1(C)COC2(c3ccc4cc(O)ccc4c3)OOC12. The molecule has 2 aromatic carbocycles. The van der Waals surface area contributed by atoms with E-state index < -0.39 is 5.79 Å². The zero-order valence-corrected chi connectivity index (χ0v) is 11.4. The molecule has 20 heavy (non-hydrogen) atoms. The molecule has 2 saturated heterocycles. The molecule has 0 saturated carbocycles. The zero-order valence-electron chi connectivity index (χ0n) is 11.4. The Morgan fingerprint density at radius 2 is 1.85 bits per heavy atom. The van der Waals surface area contributed by atoms with Crippen LogP contribution in [0, 0.1) is 5.41 Å². The quantitative estimate of drug-likeness (QED) is 0.810. The summed E-state index contributed by atoms with van der Waals surface area (Å²) >= 11 is 0. The Kier molecular flexibility index (Phi) is 2.26. The second-order valence-corrected chi connectivity index (χ2v) is 6.25. The van der Waals surface area contributed by atoms with E-state index >= 15 is 0 Å². The molecule has 0 amide bonds. The minimum absolute atomic E-state index is 0.0673. The van der Waals surface area contributed by atoms with Gasteiger partial charge in [0.05, 0.1) is 6.61 Å². The molecule has 2 aliphatic rings. The number of phenols is 1. The van der Waals surface area contributed by atoms with Crippen LogP contribution in [0.5, 0.6) is 5.75 Å². The summed E-state index contributed by atoms with van der Waals surface area (Å²) in [5, 5.41) is 11.5. The molecule has 4 heteroatoms. The third kappa shape index (κ3) is 1.47. The Morgan fingerprint density at radius 1 is 1.10 bits per heavy atom. The fourth-order valence-corrected chi connectivity index (χ4v) is 3.03. The van der Waals surface area contributed by atoms with Crippen molar-refractivity contribution in [1.82, 2.24) is 0 Å². The van der Waals surface area contributed by atoms with Gasteiger partial charge in [0, 0.05) is 11.0 Å². The first-order valence-corrected chi connectivity index (χ1v) is 6.73. The summed E-state index contributed by atoms with van der Waals surface area (Å²) in [6, 6.07) is 11.3. The van der Waals surface area contributed by atoms with Crippen molar-refractivity contribution in [2.45, 2.75) is 25.7 Å². The lowest BCUT2D eigenvalue weighted by atomic mass is 9.82. The predicted molar refractivity (Wildman–Crippen MR) is 73.0 cm³/mol. The van der Waals surface area contributed by atoms with Crippen LogP contribution in [0.25, 0.3) is 10.8 Å². The van der Waals surface area contributed by atoms with E-state index in [1.165, 1.54) is 0 Å². The van der Waals surface area contributed by atoms with E-state index in [1.54, 1.807) is 12.1 Å². The molecule has 2 aliphatic heterocycles. The third-order valence-corrected chi connectivity index (χ3v) is 4.21. The summed E-state index contributed by atoms with van der Waals surface area (Å²) in [7, 11) is 0. The second-order valence-electron chi connectivity index (χ2n) is 6.25. The number of ether oxygens (including phenoxy) is 1. The van der Waals surface area contributed by atoms with Crippen molar-refractivity contribution in [3.63, 3.8) is 0 Å². The number of hydrogen-bond acceptors (Lipinski definition) is 4. The average Bonchev–Trinajstić information content (AvgIpc) is 2.55. The Bertz CT molecular complexity index is 694. The van der Waals surface area contributed by atoms with Crippen molar-refractivity contribution < 1.29 is 19.6 Å². The monoisotopic (exact) mass is 272 g/mol. The molecular weight excluding hydrogens is 256 g/mol. The highest BCUT2D eigenvalue weighted by atomic mass is 17.3. The summed E-state index contributed by atoms with van der Waals surface area (Å²) in [6.07, 6.45) is -0.0930. The van der Waals surface area contributed by atoms with Gasteiger partial charge < -0.3 is 9.84 Å². The van der Waals surface area contributed by atoms with Crippen molar-refractivity contribution in [3.8, 4) is 5.75 Å². The molecule has 2 atom stereocenters. The van der Waals surface area contributed by atoms with Crippen LogP contribution in [0.1, 0.15) is 19.4 Å². The maximum Gasteiger partial charge on any atom is 0.258 e. The van der Waals surface area contributed by atoms with Gasteiger partial charge >= 0.3 is 0 Å². The molecule has 2 heterocycles. The Morgan fingerprint density at radius 3 is 2.55 bits per heavy atom. The van der Waals surface area contributed by atoms with E-state index in [0.29, 0.717) is 6.61 Å². The van der Waals surface area contributed by atoms with Crippen molar-refractivity contribution >= 4 is 10.8 Å². The Balaban J connectivity index is 1.82. The fourth-order valence-electron chi connectivity index (χ4n) is 3.03. The third-order valence-electron chi connectivity index (χ3n) is 4.21. The minimum Gasteiger partial charge on any atom is -0.508 e. The molecule has 4 nitrogen and oxygen atoms in total. The lowest BCUT2D eigenvalue weighted by molar-refractivity contribution is -0.568. The van der Waals surface area contributed by atoms with Gasteiger partial charge in [-0.15, -0.1) is 0 Å². The van der Waals surface area contributed by atoms with Gasteiger partial charge in [-0.3, -0.25) is 0 Å². The fraction of sp³-hybridized carbons (Fsp3) is 0.375. The van der Waals surface area contributed by atoms with E-state index in [1.807, 2.05) is 24.3 Å². The summed E-state index contributed by atoms with van der Waals surface area (Å²) in [5.74, 6) is -0.516. The summed E-state index contributed by atoms with van der Waals surface area (Å²) in [6.45, 7) is 4.83. The van der Waals surface area contributed by atoms with E-state index in [9.17, 15) is 5.11 Å². The molecular formula is C16H16O4. The largest absolute Gasteiger partial charge is 0.508 e. The molecule has 2 fully saturated rings. The van der Waals surface area contributed by atoms with Crippen molar-refractivity contribution in [2.75, 3.05) is 6.61 Å². The number of hydrogen-bond donors (Lipinski definition) is 1. The van der Waals surface area contributed by atoms with Crippen LogP contribution >= 0.6 is 0 Å². The number of benzene rings is 2. The van der Waals surface area contributed by atoms with Crippen LogP contribution in [-0.4, -0.2) is 17.8 Å². The number of phenolic OH excluding ortho intramolecular Hbond substituents is 1. The number of rotatable bonds is 1. The van der Waals surface area contributed by atoms with Crippen molar-refractivity contribution in [3.05, 3.63) is 42.0 Å². The van der Waals surface area contributed by atoms with Gasteiger partial charge in [-0.2, -0.15) is 4.89 Å². The number of aromatic hydroxyl groups is 1. The minimum atomic E-state index is -0.782. The first-order chi connectivity index (χ1) is 9.51.